The molecule has 2 aliphatic rings. The van der Waals surface area contributed by atoms with Crippen molar-refractivity contribution >= 4 is 27.4 Å². The zero-order valence-corrected chi connectivity index (χ0v) is 20.0. The van der Waals surface area contributed by atoms with Crippen LogP contribution in [0.4, 0.5) is 0 Å². The fourth-order valence-corrected chi connectivity index (χ4v) is 14.5. The van der Waals surface area contributed by atoms with Gasteiger partial charge in [0.25, 0.3) is 0 Å². The lowest BCUT2D eigenvalue weighted by Gasteiger charge is -2.52. The van der Waals surface area contributed by atoms with Crippen LogP contribution in [0.2, 0.25) is 16.6 Å². The SMILES string of the molecule is CC1=C(C)C(C)([Si](C)(I)C2(C)C(C)=C(C)C(C)=C2C)C(C)=C1C. The van der Waals surface area contributed by atoms with Gasteiger partial charge in [0.05, 0.1) is 0 Å². The number of rotatable bonds is 2. The van der Waals surface area contributed by atoms with Crippen LogP contribution in [0.3, 0.4) is 0 Å². The molecule has 0 fully saturated rings. The standard InChI is InChI=1S/C21H33ISi/c1-12-13(2)17(6)20(9,16(12)5)23(11,22)21(10)18(7)14(3)15(4)19(21)8/h1-11H3. The van der Waals surface area contributed by atoms with E-state index in [9.17, 15) is 0 Å². The summed E-state index contributed by atoms with van der Waals surface area (Å²) in [5.41, 5.74) is 10.8. The van der Waals surface area contributed by atoms with Crippen molar-refractivity contribution in [3.63, 3.8) is 0 Å². The van der Waals surface area contributed by atoms with Gasteiger partial charge in [-0.3, -0.25) is 0 Å². The third kappa shape index (κ3) is 2.00. The Labute approximate surface area is 157 Å². The van der Waals surface area contributed by atoms with Crippen molar-refractivity contribution in [1.82, 2.24) is 0 Å². The van der Waals surface area contributed by atoms with E-state index in [1.807, 2.05) is 0 Å². The van der Waals surface area contributed by atoms with Gasteiger partial charge in [-0.1, -0.05) is 42.7 Å². The minimum atomic E-state index is -1.77. The lowest BCUT2D eigenvalue weighted by atomic mass is 9.96. The topological polar surface area (TPSA) is 0 Å². The molecule has 0 unspecified atom stereocenters. The van der Waals surface area contributed by atoms with Crippen molar-refractivity contribution in [3.8, 4) is 0 Å². The maximum absolute atomic E-state index is 2.92. The molecule has 0 spiro atoms. The van der Waals surface area contributed by atoms with E-state index >= 15 is 0 Å². The van der Waals surface area contributed by atoms with Gasteiger partial charge in [-0.2, -0.15) is 0 Å². The first-order chi connectivity index (χ1) is 10.3. The molecular weight excluding hydrogens is 407 g/mol. The molecule has 0 saturated carbocycles. The van der Waals surface area contributed by atoms with Gasteiger partial charge in [0.1, 0.15) is 5.57 Å². The van der Waals surface area contributed by atoms with Crippen LogP contribution in [-0.4, -0.2) is 5.57 Å². The summed E-state index contributed by atoms with van der Waals surface area (Å²) in [7, 11) is 0. The van der Waals surface area contributed by atoms with Crippen molar-refractivity contribution < 1.29 is 0 Å². The summed E-state index contributed by atoms with van der Waals surface area (Å²) in [6.07, 6.45) is 0. The van der Waals surface area contributed by atoms with E-state index in [-0.39, 0.29) is 10.1 Å². The van der Waals surface area contributed by atoms with Gasteiger partial charge in [0.2, 0.25) is 0 Å². The number of hydrogen-bond acceptors (Lipinski definition) is 0. The summed E-state index contributed by atoms with van der Waals surface area (Å²) < 4.78 is 0. The number of halogens is 1. The van der Waals surface area contributed by atoms with E-state index in [0.717, 1.165) is 0 Å². The van der Waals surface area contributed by atoms with Crippen LogP contribution in [0.25, 0.3) is 0 Å². The first-order valence-electron chi connectivity index (χ1n) is 8.69. The van der Waals surface area contributed by atoms with Crippen molar-refractivity contribution in [2.24, 2.45) is 0 Å². The summed E-state index contributed by atoms with van der Waals surface area (Å²) in [6.45, 7) is 26.5. The molecule has 2 rings (SSSR count). The minimum Gasteiger partial charge on any atom is -0.116 e. The van der Waals surface area contributed by atoms with Crippen LogP contribution < -0.4 is 0 Å². The molecule has 0 aliphatic heterocycles. The zero-order chi connectivity index (χ0) is 18.1. The molecule has 0 atom stereocenters. The molecule has 0 radical (unpaired) electrons. The second-order valence-electron chi connectivity index (χ2n) is 8.25. The highest BCUT2D eigenvalue weighted by atomic mass is 127. The van der Waals surface area contributed by atoms with Crippen molar-refractivity contribution in [2.75, 3.05) is 0 Å². The zero-order valence-electron chi connectivity index (χ0n) is 16.9. The molecule has 2 aliphatic carbocycles. The summed E-state index contributed by atoms with van der Waals surface area (Å²) in [5, 5.41) is 0.452. The van der Waals surface area contributed by atoms with Gasteiger partial charge in [0, 0.05) is 10.1 Å². The summed E-state index contributed by atoms with van der Waals surface area (Å²) >= 11 is 2.92. The molecule has 0 aromatic carbocycles. The van der Waals surface area contributed by atoms with Gasteiger partial charge in [-0.25, -0.2) is 0 Å². The predicted octanol–water partition coefficient (Wildman–Crippen LogP) is 7.89. The largest absolute Gasteiger partial charge is 0.150 e. The molecule has 0 nitrogen and oxygen atoms in total. The van der Waals surface area contributed by atoms with E-state index < -0.39 is 5.57 Å². The second kappa shape index (κ2) is 5.45. The van der Waals surface area contributed by atoms with Crippen LogP contribution in [0.5, 0.6) is 0 Å². The molecule has 2 heteroatoms. The Morgan fingerprint density at radius 2 is 0.739 bits per heavy atom. The molecule has 0 N–H and O–H groups in total. The van der Waals surface area contributed by atoms with Crippen LogP contribution in [0, 0.1) is 0 Å². The monoisotopic (exact) mass is 440 g/mol. The first kappa shape index (κ1) is 19.2. The van der Waals surface area contributed by atoms with Gasteiger partial charge < -0.3 is 0 Å². The molecule has 0 amide bonds. The molecule has 0 aromatic heterocycles. The normalized spacial score (nSPS) is 24.5. The van der Waals surface area contributed by atoms with E-state index in [1.165, 1.54) is 22.3 Å². The Kier molecular flexibility index (Phi) is 4.56. The molecule has 23 heavy (non-hydrogen) atoms. The summed E-state index contributed by atoms with van der Waals surface area (Å²) in [5.74, 6) is 0. The smallest absolute Gasteiger partial charge is 0.116 e. The Bertz CT molecular complexity index is 602. The minimum absolute atomic E-state index is 0.226. The lowest BCUT2D eigenvalue weighted by molar-refractivity contribution is 0.721. The van der Waals surface area contributed by atoms with Crippen molar-refractivity contribution in [2.45, 2.75) is 85.9 Å². The molecule has 128 valence electrons. The Hall–Kier alpha value is -0.0931. The molecule has 0 bridgehead atoms. The van der Waals surface area contributed by atoms with E-state index in [1.54, 1.807) is 22.3 Å². The Morgan fingerprint density at radius 1 is 0.565 bits per heavy atom. The van der Waals surface area contributed by atoms with Crippen LogP contribution in [0.15, 0.2) is 44.6 Å². The molecule has 0 aromatic rings. The number of hydrogen-bond donors (Lipinski definition) is 0. The van der Waals surface area contributed by atoms with Gasteiger partial charge >= 0.3 is 0 Å². The van der Waals surface area contributed by atoms with E-state index in [4.69, 9.17) is 0 Å². The van der Waals surface area contributed by atoms with Crippen LogP contribution in [-0.2, 0) is 0 Å². The highest BCUT2D eigenvalue weighted by Crippen LogP contribution is 2.72. The maximum Gasteiger partial charge on any atom is 0.150 e. The second-order valence-corrected chi connectivity index (χ2v) is 18.7. The highest BCUT2D eigenvalue weighted by Gasteiger charge is 2.62. The molecular formula is C21H33ISi. The first-order valence-corrected chi connectivity index (χ1v) is 14.3. The van der Waals surface area contributed by atoms with Crippen LogP contribution >= 0.6 is 21.8 Å². The maximum atomic E-state index is 2.92. The fraction of sp³-hybridized carbons (Fsp3) is 0.619. The number of allylic oxidation sites excluding steroid dienone is 8. The molecule has 0 heterocycles. The lowest BCUT2D eigenvalue weighted by Crippen LogP contribution is -2.49. The third-order valence-corrected chi connectivity index (χ3v) is 20.0. The van der Waals surface area contributed by atoms with E-state index in [2.05, 4.69) is 97.6 Å². The summed E-state index contributed by atoms with van der Waals surface area (Å²) in [6, 6.07) is 0. The summed E-state index contributed by atoms with van der Waals surface area (Å²) in [4.78, 5) is 0. The Balaban J connectivity index is 2.80. The third-order valence-electron chi connectivity index (χ3n) is 8.25. The average Bonchev–Trinajstić information content (AvgIpc) is 2.76. The predicted molar refractivity (Wildman–Crippen MR) is 116 cm³/mol. The van der Waals surface area contributed by atoms with Crippen LogP contribution in [0.1, 0.15) is 69.2 Å². The van der Waals surface area contributed by atoms with Gasteiger partial charge in [-0.15, -0.1) is 21.8 Å². The van der Waals surface area contributed by atoms with Crippen molar-refractivity contribution in [3.05, 3.63) is 44.6 Å². The Morgan fingerprint density at radius 3 is 0.913 bits per heavy atom. The van der Waals surface area contributed by atoms with Gasteiger partial charge in [0.15, 0.2) is 0 Å². The van der Waals surface area contributed by atoms with E-state index in [0.29, 0.717) is 0 Å². The molecule has 0 saturated heterocycles. The quantitative estimate of drug-likeness (QED) is 0.233. The van der Waals surface area contributed by atoms with Crippen molar-refractivity contribution in [1.29, 1.82) is 0 Å². The van der Waals surface area contributed by atoms with Gasteiger partial charge in [-0.05, 0) is 77.7 Å². The fourth-order valence-electron chi connectivity index (χ4n) is 5.10. The average molecular weight is 440 g/mol. The highest BCUT2D eigenvalue weighted by molar-refractivity contribution is 14.1.